The number of piperazine rings is 1. The molecule has 0 saturated carbocycles. The Morgan fingerprint density at radius 3 is 2.66 bits per heavy atom. The van der Waals surface area contributed by atoms with E-state index < -0.39 is 6.04 Å². The minimum absolute atomic E-state index is 0.0516. The van der Waals surface area contributed by atoms with Crippen molar-refractivity contribution in [3.8, 4) is 0 Å². The zero-order valence-electron chi connectivity index (χ0n) is 16.3. The number of aromatic nitrogens is 3. The van der Waals surface area contributed by atoms with Crippen molar-refractivity contribution >= 4 is 28.5 Å². The number of aromatic amines is 1. The lowest BCUT2D eigenvalue weighted by Gasteiger charge is -2.36. The molecule has 0 aliphatic carbocycles. The van der Waals surface area contributed by atoms with Gasteiger partial charge in [0.15, 0.2) is 5.82 Å². The van der Waals surface area contributed by atoms with Gasteiger partial charge in [-0.1, -0.05) is 18.2 Å². The number of anilines is 1. The van der Waals surface area contributed by atoms with Gasteiger partial charge in [-0.3, -0.25) is 9.59 Å². The van der Waals surface area contributed by atoms with E-state index in [1.54, 1.807) is 6.20 Å². The largest absolute Gasteiger partial charge is 0.361 e. The number of para-hydroxylation sites is 1. The molecule has 2 amide bonds. The van der Waals surface area contributed by atoms with Crippen LogP contribution in [-0.4, -0.2) is 64.1 Å². The van der Waals surface area contributed by atoms with Crippen LogP contribution in [0, 0.1) is 0 Å². The topological polar surface area (TPSA) is 94.2 Å². The first-order valence-electron chi connectivity index (χ1n) is 9.75. The summed E-state index contributed by atoms with van der Waals surface area (Å²) < 4.78 is 0. The maximum atomic E-state index is 13.2. The Morgan fingerprint density at radius 1 is 1.14 bits per heavy atom. The van der Waals surface area contributed by atoms with Crippen molar-refractivity contribution in [2.24, 2.45) is 0 Å². The maximum Gasteiger partial charge on any atom is 0.245 e. The fourth-order valence-electron chi connectivity index (χ4n) is 3.80. The molecule has 2 aromatic heterocycles. The van der Waals surface area contributed by atoms with Crippen molar-refractivity contribution in [2.45, 2.75) is 19.4 Å². The predicted molar refractivity (Wildman–Crippen MR) is 110 cm³/mol. The first-order valence-corrected chi connectivity index (χ1v) is 9.75. The van der Waals surface area contributed by atoms with E-state index in [1.165, 1.54) is 6.92 Å². The molecule has 1 fully saturated rings. The average Bonchev–Trinajstić information content (AvgIpc) is 3.16. The minimum Gasteiger partial charge on any atom is -0.361 e. The number of hydrogen-bond donors (Lipinski definition) is 2. The predicted octanol–water partition coefficient (Wildman–Crippen LogP) is 1.35. The highest BCUT2D eigenvalue weighted by Gasteiger charge is 2.29. The van der Waals surface area contributed by atoms with Gasteiger partial charge in [0.1, 0.15) is 6.04 Å². The van der Waals surface area contributed by atoms with Gasteiger partial charge in [-0.05, 0) is 23.8 Å². The second-order valence-corrected chi connectivity index (χ2v) is 7.21. The normalized spacial score (nSPS) is 15.3. The first-order chi connectivity index (χ1) is 14.1. The van der Waals surface area contributed by atoms with E-state index in [9.17, 15) is 9.59 Å². The zero-order valence-corrected chi connectivity index (χ0v) is 16.3. The third-order valence-electron chi connectivity index (χ3n) is 5.25. The third-order valence-corrected chi connectivity index (χ3v) is 5.25. The van der Waals surface area contributed by atoms with Gasteiger partial charge in [0.25, 0.3) is 0 Å². The summed E-state index contributed by atoms with van der Waals surface area (Å²) >= 11 is 0. The van der Waals surface area contributed by atoms with Crippen LogP contribution in [0.4, 0.5) is 5.82 Å². The van der Waals surface area contributed by atoms with Crippen molar-refractivity contribution in [1.82, 2.24) is 25.4 Å². The summed E-state index contributed by atoms with van der Waals surface area (Å²) in [6.45, 7) is 3.98. The molecule has 2 N–H and O–H groups in total. The van der Waals surface area contributed by atoms with Gasteiger partial charge >= 0.3 is 0 Å². The lowest BCUT2D eigenvalue weighted by Crippen LogP contribution is -2.55. The van der Waals surface area contributed by atoms with Crippen LogP contribution in [0.5, 0.6) is 0 Å². The minimum atomic E-state index is -0.588. The van der Waals surface area contributed by atoms with Gasteiger partial charge in [-0.25, -0.2) is 0 Å². The van der Waals surface area contributed by atoms with E-state index in [2.05, 4.69) is 25.4 Å². The van der Waals surface area contributed by atoms with Crippen molar-refractivity contribution in [1.29, 1.82) is 0 Å². The number of rotatable bonds is 5. The lowest BCUT2D eigenvalue weighted by molar-refractivity contribution is -0.136. The number of fused-ring (bicyclic) bond motifs is 1. The number of carbonyl (C=O) groups is 2. The molecule has 29 heavy (non-hydrogen) atoms. The summed E-state index contributed by atoms with van der Waals surface area (Å²) in [4.78, 5) is 32.1. The van der Waals surface area contributed by atoms with Crippen molar-refractivity contribution < 1.29 is 9.59 Å². The molecule has 1 atom stereocenters. The number of nitrogens with one attached hydrogen (secondary N) is 2. The summed E-state index contributed by atoms with van der Waals surface area (Å²) in [5.41, 5.74) is 2.04. The Morgan fingerprint density at radius 2 is 1.93 bits per heavy atom. The fourth-order valence-corrected chi connectivity index (χ4v) is 3.80. The summed E-state index contributed by atoms with van der Waals surface area (Å²) in [7, 11) is 0. The van der Waals surface area contributed by atoms with Crippen LogP contribution in [0.1, 0.15) is 12.5 Å². The second-order valence-electron chi connectivity index (χ2n) is 7.21. The number of nitrogens with zero attached hydrogens (tertiary/aromatic N) is 4. The van der Waals surface area contributed by atoms with Crippen LogP contribution in [0.25, 0.3) is 10.9 Å². The lowest BCUT2D eigenvalue weighted by atomic mass is 10.0. The number of H-pyrrole nitrogens is 1. The van der Waals surface area contributed by atoms with Crippen LogP contribution in [-0.2, 0) is 16.0 Å². The van der Waals surface area contributed by atoms with Crippen LogP contribution in [0.3, 0.4) is 0 Å². The Hall–Kier alpha value is -3.42. The number of amides is 2. The van der Waals surface area contributed by atoms with Gasteiger partial charge in [0.05, 0.1) is 0 Å². The maximum absolute atomic E-state index is 13.2. The Labute approximate surface area is 168 Å². The quantitative estimate of drug-likeness (QED) is 0.684. The molecular weight excluding hydrogens is 368 g/mol. The summed E-state index contributed by atoms with van der Waals surface area (Å²) in [6.07, 6.45) is 4.01. The van der Waals surface area contributed by atoms with Crippen LogP contribution in [0.15, 0.2) is 48.8 Å². The molecule has 0 bridgehead atoms. The summed E-state index contributed by atoms with van der Waals surface area (Å²) in [5, 5.41) is 12.0. The number of carbonyl (C=O) groups excluding carboxylic acids is 2. The molecule has 150 valence electrons. The van der Waals surface area contributed by atoms with Gasteiger partial charge in [0, 0.05) is 62.8 Å². The molecule has 1 aromatic carbocycles. The molecule has 0 radical (unpaired) electrons. The first kappa shape index (κ1) is 18.9. The van der Waals surface area contributed by atoms with Crippen molar-refractivity contribution in [3.05, 3.63) is 54.4 Å². The van der Waals surface area contributed by atoms with Gasteiger partial charge < -0.3 is 20.1 Å². The average molecular weight is 392 g/mol. The molecule has 0 spiro atoms. The molecule has 1 aliphatic heterocycles. The highest BCUT2D eigenvalue weighted by Crippen LogP contribution is 2.20. The van der Waals surface area contributed by atoms with E-state index in [1.807, 2.05) is 47.5 Å². The van der Waals surface area contributed by atoms with Gasteiger partial charge in [0.2, 0.25) is 11.8 Å². The van der Waals surface area contributed by atoms with E-state index >= 15 is 0 Å². The monoisotopic (exact) mass is 392 g/mol. The molecule has 3 heterocycles. The van der Waals surface area contributed by atoms with E-state index in [0.717, 1.165) is 22.3 Å². The summed E-state index contributed by atoms with van der Waals surface area (Å²) in [6, 6.07) is 11.1. The zero-order chi connectivity index (χ0) is 20.2. The standard InChI is InChI=1S/C21H24N6O2/c1-15(28)24-19(13-16-14-22-18-6-3-2-5-17(16)18)21(29)27-11-9-26(10-12-27)20-7-4-8-23-25-20/h2-8,14,19,22H,9-13H2,1H3,(H,24,28). The van der Waals surface area contributed by atoms with E-state index in [0.29, 0.717) is 32.6 Å². The van der Waals surface area contributed by atoms with Gasteiger partial charge in [-0.15, -0.1) is 5.10 Å². The molecule has 1 saturated heterocycles. The molecule has 1 aliphatic rings. The molecule has 1 unspecified atom stereocenters. The second kappa shape index (κ2) is 8.30. The Balaban J connectivity index is 1.46. The highest BCUT2D eigenvalue weighted by atomic mass is 16.2. The van der Waals surface area contributed by atoms with E-state index in [-0.39, 0.29) is 11.8 Å². The molecule has 8 nitrogen and oxygen atoms in total. The molecular formula is C21H24N6O2. The number of hydrogen-bond acceptors (Lipinski definition) is 5. The molecule has 3 aromatic rings. The van der Waals surface area contributed by atoms with Gasteiger partial charge in [-0.2, -0.15) is 5.10 Å². The third kappa shape index (κ3) is 4.21. The Kier molecular flexibility index (Phi) is 5.41. The fraction of sp³-hybridized carbons (Fsp3) is 0.333. The van der Waals surface area contributed by atoms with Crippen LogP contribution in [0.2, 0.25) is 0 Å². The van der Waals surface area contributed by atoms with Crippen molar-refractivity contribution in [2.75, 3.05) is 31.1 Å². The Bertz CT molecular complexity index is 995. The van der Waals surface area contributed by atoms with E-state index in [4.69, 9.17) is 0 Å². The summed E-state index contributed by atoms with van der Waals surface area (Å²) in [5.74, 6) is 0.558. The smallest absolute Gasteiger partial charge is 0.245 e. The van der Waals surface area contributed by atoms with Crippen molar-refractivity contribution in [3.63, 3.8) is 0 Å². The van der Waals surface area contributed by atoms with Crippen LogP contribution >= 0.6 is 0 Å². The molecule has 4 rings (SSSR count). The van der Waals surface area contributed by atoms with Crippen LogP contribution < -0.4 is 10.2 Å². The number of benzene rings is 1. The molecule has 8 heteroatoms. The SMILES string of the molecule is CC(=O)NC(Cc1c[nH]c2ccccc12)C(=O)N1CCN(c2cccnn2)CC1. The highest BCUT2D eigenvalue weighted by molar-refractivity contribution is 5.89.